The zero-order valence-corrected chi connectivity index (χ0v) is 46.0. The van der Waals surface area contributed by atoms with E-state index in [0.717, 1.165) is 24.8 Å². The number of carbonyl (C=O) groups is 5. The molecule has 1 saturated carbocycles. The zero-order valence-electron chi connectivity index (χ0n) is 45.0. The molecule has 3 heterocycles. The van der Waals surface area contributed by atoms with Crippen molar-refractivity contribution < 1.29 is 61.9 Å². The molecule has 3 aliphatic heterocycles. The fourth-order valence-electron chi connectivity index (χ4n) is 10.9. The summed E-state index contributed by atoms with van der Waals surface area (Å²) < 4.78 is 42.7. The van der Waals surface area contributed by atoms with Crippen LogP contribution >= 0.6 is 0 Å². The number of fused-ring (bicyclic) bond motifs is 3. The number of nitrogens with zero attached hydrogens (tertiary/aromatic N) is 1. The van der Waals surface area contributed by atoms with Crippen molar-refractivity contribution in [3.8, 4) is 0 Å². The summed E-state index contributed by atoms with van der Waals surface area (Å²) in [6.07, 6.45) is 14.2. The molecule has 0 aromatic carbocycles. The van der Waals surface area contributed by atoms with Gasteiger partial charge in [0, 0.05) is 65.6 Å². The van der Waals surface area contributed by atoms with Crippen molar-refractivity contribution in [2.75, 3.05) is 35.0 Å². The fraction of sp³-hybridized carbons (Fsp3) is 0.764. The summed E-state index contributed by atoms with van der Waals surface area (Å²) in [6, 6.07) is -1.11. The first-order chi connectivity index (χ1) is 33.0. The number of ketones is 3. The molecule has 1 N–H and O–H groups in total. The van der Waals surface area contributed by atoms with Gasteiger partial charge in [-0.05, 0) is 127 Å². The third-order valence-corrected chi connectivity index (χ3v) is 16.2. The average Bonchev–Trinajstić information content (AvgIpc) is 3.32. The van der Waals surface area contributed by atoms with E-state index in [1.54, 1.807) is 35.2 Å². The Bertz CT molecular complexity index is 1890. The van der Waals surface area contributed by atoms with Crippen LogP contribution < -0.4 is 0 Å². The van der Waals surface area contributed by atoms with Crippen molar-refractivity contribution in [2.24, 2.45) is 35.5 Å². The van der Waals surface area contributed by atoms with E-state index in [9.17, 15) is 29.1 Å². The first-order valence-corrected chi connectivity index (χ1v) is 29.4. The maximum Gasteiger partial charge on any atom is 0.329 e. The van der Waals surface area contributed by atoms with Gasteiger partial charge in [-0.3, -0.25) is 19.2 Å². The van der Waals surface area contributed by atoms with Gasteiger partial charge in [0.25, 0.3) is 11.7 Å². The number of allylic oxidation sites excluding steroid dienone is 6. The third-order valence-electron chi connectivity index (χ3n) is 15.2. The minimum absolute atomic E-state index is 0.0254. The lowest BCUT2D eigenvalue weighted by molar-refractivity contribution is -0.265. The Labute approximate surface area is 420 Å². The number of methoxy groups -OCH3 is 4. The Morgan fingerprint density at radius 1 is 0.800 bits per heavy atom. The normalized spacial score (nSPS) is 37.4. The van der Waals surface area contributed by atoms with Crippen LogP contribution in [0.4, 0.5) is 0 Å². The quantitative estimate of drug-likeness (QED) is 0.101. The topological polar surface area (TPSA) is 173 Å². The molecule has 2 bridgehead atoms. The van der Waals surface area contributed by atoms with Crippen molar-refractivity contribution in [1.29, 1.82) is 0 Å². The standard InChI is InChI=1S/C55H89NO13Si/c1-34-20-16-15-17-21-35(2)46(64-9)32-42-25-23-40(7)55(62,68-42)52(59)53(60)56-27-19-18-22-43(56)54(61)67-47(37(4)30-41-24-26-45(63-8)48(31-41)65-10)33-44(57)36(3)29-39(6)50(69-70(12,13)14)51(66-11)49(58)38(5)28-34/h15-17,20-21,29,34,36-38,40-43,45-48,50-51,62H,18-19,22-28,30-33H2,1-14H3/b17-15?,20-16+,35-21?,39-29+/t34-,36-,37-,38-,40-,41+,42+,43+,45-,46+,47+,48-,50-,51+,55-/m1/s1. The summed E-state index contributed by atoms with van der Waals surface area (Å²) in [7, 11) is 4.21. The van der Waals surface area contributed by atoms with Gasteiger partial charge < -0.3 is 42.9 Å². The minimum atomic E-state index is -2.41. The summed E-state index contributed by atoms with van der Waals surface area (Å²) in [4.78, 5) is 73.3. The lowest BCUT2D eigenvalue weighted by Crippen LogP contribution is -2.61. The average molecular weight is 1000 g/mol. The lowest BCUT2D eigenvalue weighted by atomic mass is 9.78. The molecular weight excluding hydrogens is 911 g/mol. The molecule has 14 nitrogen and oxygen atoms in total. The molecule has 0 spiro atoms. The SMILES string of the molecule is CO[C@H]1C[C@@H]2CC[C@@H](C)[C@@](O)(O2)C(=O)C(=O)N2CCCC[C@H]2C(=O)O[C@H]([C@H](C)C[C@@H]2CC[C@@H](OC)[C@H](OC)C2)CC(=O)[C@H](C)/C=C(\C)[C@@H](O[Si](C)(C)C)[C@@H](OC)C(=O)[C@H](C)C[C@H](C)/C=C/C=CC=C1C. The number of cyclic esters (lactones) is 1. The minimum Gasteiger partial charge on any atom is -0.460 e. The van der Waals surface area contributed by atoms with Gasteiger partial charge in [0.15, 0.2) is 14.1 Å². The summed E-state index contributed by atoms with van der Waals surface area (Å²) in [6.45, 7) is 19.5. The highest BCUT2D eigenvalue weighted by Gasteiger charge is 2.53. The van der Waals surface area contributed by atoms with Crippen LogP contribution in [0.1, 0.15) is 126 Å². The monoisotopic (exact) mass is 1000 g/mol. The van der Waals surface area contributed by atoms with Gasteiger partial charge in [-0.1, -0.05) is 71.1 Å². The second-order valence-corrected chi connectivity index (χ2v) is 26.5. The third kappa shape index (κ3) is 16.2. The molecule has 1 amide bonds. The number of hydrogen-bond acceptors (Lipinski definition) is 13. The number of ether oxygens (including phenoxy) is 6. The molecule has 0 unspecified atom stereocenters. The maximum absolute atomic E-state index is 14.6. The molecule has 0 aromatic rings. The highest BCUT2D eigenvalue weighted by atomic mass is 28.4. The Hall–Kier alpha value is -3.15. The highest BCUT2D eigenvalue weighted by molar-refractivity contribution is 6.69. The molecular formula is C55H89NO13Si. The van der Waals surface area contributed by atoms with Gasteiger partial charge in [-0.15, -0.1) is 0 Å². The molecule has 396 valence electrons. The summed E-state index contributed by atoms with van der Waals surface area (Å²) in [5.74, 6) is -7.19. The van der Waals surface area contributed by atoms with Crippen LogP contribution in [-0.2, 0) is 56.8 Å². The second kappa shape index (κ2) is 27.2. The number of aliphatic hydroxyl groups is 1. The molecule has 4 aliphatic rings. The molecule has 0 aromatic heterocycles. The largest absolute Gasteiger partial charge is 0.460 e. The van der Waals surface area contributed by atoms with Crippen LogP contribution in [0, 0.1) is 35.5 Å². The van der Waals surface area contributed by atoms with Gasteiger partial charge in [0.2, 0.25) is 5.79 Å². The number of hydrogen-bond donors (Lipinski definition) is 1. The van der Waals surface area contributed by atoms with Crippen molar-refractivity contribution in [2.45, 2.75) is 200 Å². The van der Waals surface area contributed by atoms with Crippen LogP contribution in [0.25, 0.3) is 0 Å². The number of amides is 1. The molecule has 2 saturated heterocycles. The first kappa shape index (κ1) is 59.4. The van der Waals surface area contributed by atoms with Crippen molar-refractivity contribution in [1.82, 2.24) is 4.90 Å². The lowest BCUT2D eigenvalue weighted by Gasteiger charge is -2.42. The van der Waals surface area contributed by atoms with Crippen LogP contribution in [-0.4, -0.2) is 137 Å². The van der Waals surface area contributed by atoms with Crippen molar-refractivity contribution in [3.05, 3.63) is 47.6 Å². The van der Waals surface area contributed by atoms with Crippen LogP contribution in [0.15, 0.2) is 47.6 Å². The molecule has 15 heteroatoms. The molecule has 4 rings (SSSR count). The number of carbonyl (C=O) groups excluding carboxylic acids is 5. The van der Waals surface area contributed by atoms with Gasteiger partial charge in [0.05, 0.1) is 30.5 Å². The number of rotatable bonds is 9. The first-order valence-electron chi connectivity index (χ1n) is 26.0. The van der Waals surface area contributed by atoms with Gasteiger partial charge >= 0.3 is 5.97 Å². The predicted octanol–water partition coefficient (Wildman–Crippen LogP) is 8.69. The summed E-state index contributed by atoms with van der Waals surface area (Å²) in [5, 5.41) is 12.0. The van der Waals surface area contributed by atoms with E-state index in [1.807, 2.05) is 58.1 Å². The van der Waals surface area contributed by atoms with Crippen LogP contribution in [0.5, 0.6) is 0 Å². The van der Waals surface area contributed by atoms with Gasteiger partial charge in [-0.25, -0.2) is 4.79 Å². The van der Waals surface area contributed by atoms with E-state index < -0.39 is 80.2 Å². The van der Waals surface area contributed by atoms with Gasteiger partial charge in [-0.2, -0.15) is 0 Å². The summed E-state index contributed by atoms with van der Waals surface area (Å²) in [5.41, 5.74) is 1.60. The number of esters is 1. The summed E-state index contributed by atoms with van der Waals surface area (Å²) >= 11 is 0. The highest BCUT2D eigenvalue weighted by Crippen LogP contribution is 2.38. The van der Waals surface area contributed by atoms with Crippen molar-refractivity contribution in [3.63, 3.8) is 0 Å². The van der Waals surface area contributed by atoms with E-state index in [0.29, 0.717) is 50.5 Å². The predicted molar refractivity (Wildman–Crippen MR) is 272 cm³/mol. The van der Waals surface area contributed by atoms with E-state index in [1.165, 1.54) is 12.0 Å². The van der Waals surface area contributed by atoms with Crippen LogP contribution in [0.3, 0.4) is 0 Å². The van der Waals surface area contributed by atoms with Gasteiger partial charge in [0.1, 0.15) is 24.0 Å². The Morgan fingerprint density at radius 2 is 1.50 bits per heavy atom. The Morgan fingerprint density at radius 3 is 2.14 bits per heavy atom. The maximum atomic E-state index is 14.6. The smallest absolute Gasteiger partial charge is 0.329 e. The van der Waals surface area contributed by atoms with Crippen LogP contribution in [0.2, 0.25) is 19.6 Å². The molecule has 3 fully saturated rings. The van der Waals surface area contributed by atoms with E-state index >= 15 is 0 Å². The zero-order chi connectivity index (χ0) is 52.1. The Kier molecular flexibility index (Phi) is 23.1. The van der Waals surface area contributed by atoms with Crippen molar-refractivity contribution >= 4 is 37.5 Å². The molecule has 70 heavy (non-hydrogen) atoms. The molecule has 1 aliphatic carbocycles. The number of piperidine rings is 1. The fourth-order valence-corrected chi connectivity index (χ4v) is 12.0. The van der Waals surface area contributed by atoms with E-state index in [2.05, 4.69) is 32.6 Å². The van der Waals surface area contributed by atoms with E-state index in [4.69, 9.17) is 32.8 Å². The number of Topliss-reactive ketones (excluding diaryl/α,β-unsaturated/α-hetero) is 3. The molecule has 0 radical (unpaired) electrons. The van der Waals surface area contributed by atoms with E-state index in [-0.39, 0.29) is 66.8 Å². The molecule has 15 atom stereocenters. The second-order valence-electron chi connectivity index (χ2n) is 22.0. The Balaban J connectivity index is 1.76.